The molecule has 4 saturated carbocycles. The monoisotopic (exact) mass is 1380 g/mol. The highest BCUT2D eigenvalue weighted by Gasteiger charge is 2.54. The number of carbonyl (C=O) groups is 8. The van der Waals surface area contributed by atoms with E-state index < -0.39 is 171 Å². The second kappa shape index (κ2) is 24.8. The van der Waals surface area contributed by atoms with Crippen molar-refractivity contribution < 1.29 is 98.2 Å². The molecule has 0 unspecified atom stereocenters. The number of nitrogens with one attached hydrogen (secondary N) is 7. The van der Waals surface area contributed by atoms with Crippen molar-refractivity contribution in [1.29, 1.82) is 0 Å². The Hall–Kier alpha value is -11.2. The number of aliphatic carboxylic acids is 1. The quantitative estimate of drug-likeness (QED) is 0.0804. The molecule has 7 aromatic carbocycles. The molecule has 98 heavy (non-hydrogen) atoms. The molecule has 0 spiro atoms. The summed E-state index contributed by atoms with van der Waals surface area (Å²) in [6.07, 6.45) is 1.55. The van der Waals surface area contributed by atoms with Gasteiger partial charge in [-0.05, 0) is 169 Å². The average Bonchev–Trinajstić information content (AvgIpc) is 0.758. The maximum absolute atomic E-state index is 15.9. The molecular weight excluding hydrogens is 1320 g/mol. The summed E-state index contributed by atoms with van der Waals surface area (Å²) >= 11 is 13.9. The van der Waals surface area contributed by atoms with Crippen LogP contribution in [0.4, 0.5) is 4.79 Å². The number of benzene rings is 7. The fraction of sp³-hybridized carbons (Fsp3) is 0.275. The van der Waals surface area contributed by atoms with Gasteiger partial charge in [-0.15, -0.1) is 0 Å². The minimum absolute atomic E-state index is 0.0430. The van der Waals surface area contributed by atoms with Crippen molar-refractivity contribution in [2.75, 3.05) is 0 Å². The Balaban J connectivity index is 0.922. The van der Waals surface area contributed by atoms with Gasteiger partial charge >= 0.3 is 12.1 Å². The van der Waals surface area contributed by atoms with Crippen LogP contribution in [-0.2, 0) is 44.7 Å². The highest BCUT2D eigenvalue weighted by molar-refractivity contribution is 6.32. The summed E-state index contributed by atoms with van der Waals surface area (Å²) in [5, 5.41) is 109. The van der Waals surface area contributed by atoms with E-state index in [0.717, 1.165) is 79.9 Å². The number of amides is 7. The van der Waals surface area contributed by atoms with E-state index in [1.165, 1.54) is 54.6 Å². The van der Waals surface area contributed by atoms with Crippen LogP contribution in [-0.4, -0.2) is 106 Å². The number of hydrogen-bond acceptors (Lipinski definition) is 19. The van der Waals surface area contributed by atoms with Gasteiger partial charge < -0.3 is 97.0 Å². The molecule has 4 aliphatic carbocycles. The van der Waals surface area contributed by atoms with Crippen molar-refractivity contribution in [3.63, 3.8) is 0 Å². The van der Waals surface area contributed by atoms with Crippen LogP contribution in [0.1, 0.15) is 114 Å². The molecule has 6 heterocycles. The first-order valence-electron chi connectivity index (χ1n) is 31.1. The third kappa shape index (κ3) is 12.2. The van der Waals surface area contributed by atoms with Crippen LogP contribution in [0.5, 0.6) is 69.0 Å². The number of aromatic hydroxyl groups is 6. The van der Waals surface area contributed by atoms with Crippen LogP contribution in [0.25, 0.3) is 11.1 Å². The highest BCUT2D eigenvalue weighted by atomic mass is 35.5. The molecule has 10 aliphatic rings. The topological polar surface area (TPSA) is 420 Å². The molecule has 504 valence electrons. The Morgan fingerprint density at radius 2 is 1.08 bits per heavy atom. The summed E-state index contributed by atoms with van der Waals surface area (Å²) in [6.45, 7) is 0. The Labute approximate surface area is 564 Å². The lowest BCUT2D eigenvalue weighted by Crippen LogP contribution is -2.56. The lowest BCUT2D eigenvalue weighted by molar-refractivity contribution is -0.143. The molecule has 7 amide bonds. The molecule has 0 saturated heterocycles. The molecule has 17 rings (SSSR count). The maximum Gasteiger partial charge on any atom is 0.408 e. The number of ether oxygens (including phenoxy) is 4. The Morgan fingerprint density at radius 3 is 1.73 bits per heavy atom. The number of aliphatic hydroxyl groups excluding tert-OH is 1. The number of carboxylic acid groups (broad SMARTS) is 1. The molecule has 4 fully saturated rings. The van der Waals surface area contributed by atoms with Gasteiger partial charge in [-0.1, -0.05) is 47.5 Å². The van der Waals surface area contributed by atoms with E-state index in [-0.39, 0.29) is 66.4 Å². The molecular formula is C69H59Cl2N7O20. The van der Waals surface area contributed by atoms with Crippen LogP contribution in [0.15, 0.2) is 115 Å². The fourth-order valence-electron chi connectivity index (χ4n) is 14.9. The second-order valence-corrected chi connectivity index (χ2v) is 26.5. The van der Waals surface area contributed by atoms with Gasteiger partial charge in [-0.2, -0.15) is 0 Å². The summed E-state index contributed by atoms with van der Waals surface area (Å²) in [4.78, 5) is 120. The van der Waals surface area contributed by atoms with Crippen molar-refractivity contribution in [2.45, 2.75) is 98.9 Å². The third-order valence-corrected chi connectivity index (χ3v) is 19.5. The first-order chi connectivity index (χ1) is 46.8. The SMILES string of the molecule is O=C(N[C@@H]1C(=O)N[C@@H]2Cc3ccc(c(Cl)c3)Oc3cc4cc(c3O)Oc3ccc(cc3Cl)[C@@H](O)[C@@H]3NC(=O)[C@H](NC(=O)[C@@H]4NC(=O)[C@@H](NC2=O)c2cc(O)cc(c2)Oc2cc1ccc2O)c1ccc(O)c(c1)-c1c(O)cc(O)cc1[C@@H](C(=O)O)NC3=O)OC12CC3CC(CC(C3)C1)C2. The van der Waals surface area contributed by atoms with Crippen molar-refractivity contribution in [1.82, 2.24) is 37.2 Å². The van der Waals surface area contributed by atoms with Gasteiger partial charge in [0, 0.05) is 35.2 Å². The molecule has 0 aromatic heterocycles. The van der Waals surface area contributed by atoms with Crippen LogP contribution < -0.4 is 51.4 Å². The van der Waals surface area contributed by atoms with Crippen molar-refractivity contribution in [3.05, 3.63) is 164 Å². The van der Waals surface area contributed by atoms with Crippen LogP contribution in [0.3, 0.4) is 0 Å². The van der Waals surface area contributed by atoms with E-state index in [0.29, 0.717) is 37.0 Å². The van der Waals surface area contributed by atoms with E-state index in [2.05, 4.69) is 37.2 Å². The number of rotatable bonds is 3. The lowest BCUT2D eigenvalue weighted by atomic mass is 9.54. The molecule has 7 aromatic rings. The number of alkyl carbamates (subject to hydrolysis) is 1. The molecule has 21 bridgehead atoms. The lowest BCUT2D eigenvalue weighted by Gasteiger charge is -2.55. The van der Waals surface area contributed by atoms with Crippen LogP contribution in [0, 0.1) is 17.8 Å². The molecule has 8 atom stereocenters. The van der Waals surface area contributed by atoms with Gasteiger partial charge in [0.1, 0.15) is 88.2 Å². The molecule has 27 nitrogen and oxygen atoms in total. The van der Waals surface area contributed by atoms with E-state index in [1.54, 1.807) is 0 Å². The average molecular weight is 1380 g/mol. The fourth-order valence-corrected chi connectivity index (χ4v) is 15.3. The van der Waals surface area contributed by atoms with Crippen LogP contribution >= 0.6 is 23.2 Å². The minimum atomic E-state index is -2.21. The van der Waals surface area contributed by atoms with Gasteiger partial charge in [0.05, 0.1) is 10.0 Å². The first kappa shape index (κ1) is 64.2. The standard InChI is InChI=1S/C69H59Cl2N7O20/c70-41-12-27-1-7-47(41)96-50-19-35-20-51(60(50)85)97-48-8-4-33(17-42(48)71)59(84)58-66(91)76-57(67(92)93)40-22-37(80)23-46(83)52(40)39-16-31(2-5-44(39)81)53(63(88)77-58)74-65(90)56(35)75-64(89)55-34-14-36(79)21-38(15-34)95-49-18-32(3-6-45(49)82)54(62(87)72-43(13-27)61(86)73-55)78-68(94)98-69-24-28-9-29(25-69)11-30(10-28)26-69/h1-8,12,14-23,28-30,43,53-59,79-85H,9-11,13,24-26H2,(H,72,87)(H,73,86)(H,74,90)(H,75,89)(H,76,91)(H,77,88)(H,78,94)(H,92,93)/t28?,29?,30?,43-,53-,54+,55+,56-,57+,58+,59-,69?/m1/s1. The first-order valence-corrected chi connectivity index (χ1v) is 31.8. The molecule has 6 aliphatic heterocycles. The number of halogens is 2. The van der Waals surface area contributed by atoms with E-state index >= 15 is 24.0 Å². The normalized spacial score (nSPS) is 26.2. The molecule has 0 radical (unpaired) electrons. The third-order valence-electron chi connectivity index (χ3n) is 19.0. The Morgan fingerprint density at radius 1 is 0.510 bits per heavy atom. The smallest absolute Gasteiger partial charge is 0.408 e. The highest BCUT2D eigenvalue weighted by Crippen LogP contribution is 2.57. The summed E-state index contributed by atoms with van der Waals surface area (Å²) in [7, 11) is 0. The zero-order chi connectivity index (χ0) is 68.9. The largest absolute Gasteiger partial charge is 0.508 e. The van der Waals surface area contributed by atoms with Crippen molar-refractivity contribution in [2.24, 2.45) is 17.8 Å². The van der Waals surface area contributed by atoms with E-state index in [9.17, 15) is 55.2 Å². The summed E-state index contributed by atoms with van der Waals surface area (Å²) in [5.74, 6) is -14.3. The number of carboxylic acids is 1. The minimum Gasteiger partial charge on any atom is -0.508 e. The van der Waals surface area contributed by atoms with Gasteiger partial charge in [0.25, 0.3) is 0 Å². The number of phenolic OH excluding ortho intramolecular Hbond substituents is 6. The predicted molar refractivity (Wildman–Crippen MR) is 341 cm³/mol. The van der Waals surface area contributed by atoms with Gasteiger partial charge in [0.15, 0.2) is 29.0 Å². The number of phenols is 6. The van der Waals surface area contributed by atoms with Gasteiger partial charge in [-0.25, -0.2) is 9.59 Å². The van der Waals surface area contributed by atoms with E-state index in [1.807, 2.05) is 0 Å². The summed E-state index contributed by atoms with van der Waals surface area (Å²) in [6, 6.07) is 7.70. The molecule has 29 heteroatoms. The second-order valence-electron chi connectivity index (χ2n) is 25.7. The van der Waals surface area contributed by atoms with Crippen LogP contribution in [0.2, 0.25) is 10.0 Å². The van der Waals surface area contributed by atoms with Gasteiger partial charge in [0.2, 0.25) is 41.2 Å². The van der Waals surface area contributed by atoms with Crippen molar-refractivity contribution >= 4 is 70.7 Å². The Kier molecular flexibility index (Phi) is 16.2. The predicted octanol–water partition coefficient (Wildman–Crippen LogP) is 7.72. The Bertz CT molecular complexity index is 4550. The number of fused-ring (bicyclic) bond motifs is 14. The van der Waals surface area contributed by atoms with E-state index in [4.69, 9.17) is 42.1 Å². The van der Waals surface area contributed by atoms with Gasteiger partial charge in [-0.3, -0.25) is 28.8 Å². The maximum atomic E-state index is 15.9. The number of hydrogen-bond donors (Lipinski definition) is 15. The molecule has 15 N–H and O–H groups in total. The zero-order valence-corrected chi connectivity index (χ0v) is 52.5. The summed E-state index contributed by atoms with van der Waals surface area (Å²) in [5.41, 5.74) is -3.00. The zero-order valence-electron chi connectivity index (χ0n) is 51.0. The number of aliphatic hydroxyl groups is 1. The summed E-state index contributed by atoms with van der Waals surface area (Å²) < 4.78 is 25.0. The van der Waals surface area contributed by atoms with Crippen molar-refractivity contribution in [3.8, 4) is 80.1 Å². The number of carbonyl (C=O) groups excluding carboxylic acids is 7.